The zero-order chi connectivity index (χ0) is 21.8. The van der Waals surface area contributed by atoms with E-state index < -0.39 is 11.6 Å². The largest absolute Gasteiger partial charge is 0.339 e. The second-order valence-corrected chi connectivity index (χ2v) is 8.57. The van der Waals surface area contributed by atoms with Crippen LogP contribution in [0.25, 0.3) is 0 Å². The minimum atomic E-state index is -0.588. The van der Waals surface area contributed by atoms with Crippen LogP contribution < -0.4 is 10.6 Å². The van der Waals surface area contributed by atoms with Crippen molar-refractivity contribution in [3.05, 3.63) is 70.2 Å². The van der Waals surface area contributed by atoms with Gasteiger partial charge in [0, 0.05) is 68.5 Å². The van der Waals surface area contributed by atoms with Crippen LogP contribution in [-0.4, -0.2) is 60.5 Å². The first-order chi connectivity index (χ1) is 15.0. The lowest BCUT2D eigenvalue weighted by Crippen LogP contribution is -2.52. The number of hydrogen-bond donors (Lipinski definition) is 2. The molecule has 2 aromatic rings. The zero-order valence-electron chi connectivity index (χ0n) is 17.3. The molecule has 2 saturated heterocycles. The summed E-state index contributed by atoms with van der Waals surface area (Å²) in [4.78, 5) is 17.4. The number of piperazine rings is 1. The van der Waals surface area contributed by atoms with Crippen molar-refractivity contribution in [2.24, 2.45) is 0 Å². The van der Waals surface area contributed by atoms with Crippen molar-refractivity contribution in [3.8, 4) is 0 Å². The standard InChI is InChI=1S/C23H27ClF2N4O/c24-20-4-2-1-3-17(20)14-30-15-19(28-13-16-5-6-18(25)11-21(16)26)12-22(30)23(31)29-9-7-27-8-10-29/h1-6,11,19,22,27-28H,7-10,12-15H2. The van der Waals surface area contributed by atoms with Gasteiger partial charge in [-0.05, 0) is 24.1 Å². The van der Waals surface area contributed by atoms with E-state index in [2.05, 4.69) is 15.5 Å². The van der Waals surface area contributed by atoms with Gasteiger partial charge in [0.2, 0.25) is 5.91 Å². The molecule has 2 aliphatic rings. The Hall–Kier alpha value is -2.06. The first-order valence-corrected chi connectivity index (χ1v) is 11.0. The fourth-order valence-corrected chi connectivity index (χ4v) is 4.54. The molecule has 0 aliphatic carbocycles. The average Bonchev–Trinajstić information content (AvgIpc) is 3.17. The molecule has 0 aromatic heterocycles. The van der Waals surface area contributed by atoms with E-state index in [9.17, 15) is 13.6 Å². The number of amides is 1. The lowest BCUT2D eigenvalue weighted by Gasteiger charge is -2.33. The highest BCUT2D eigenvalue weighted by Gasteiger charge is 2.39. The normalized spacial score (nSPS) is 22.1. The van der Waals surface area contributed by atoms with Crippen LogP contribution in [0.2, 0.25) is 5.02 Å². The molecule has 0 radical (unpaired) electrons. The highest BCUT2D eigenvalue weighted by Crippen LogP contribution is 2.26. The molecule has 5 nitrogen and oxygen atoms in total. The molecule has 0 bridgehead atoms. The Labute approximate surface area is 186 Å². The maximum atomic E-state index is 14.0. The first-order valence-electron chi connectivity index (χ1n) is 10.7. The Kier molecular flexibility index (Phi) is 7.17. The summed E-state index contributed by atoms with van der Waals surface area (Å²) >= 11 is 6.37. The monoisotopic (exact) mass is 448 g/mol. The van der Waals surface area contributed by atoms with Crippen LogP contribution >= 0.6 is 11.6 Å². The predicted molar refractivity (Wildman–Crippen MR) is 117 cm³/mol. The highest BCUT2D eigenvalue weighted by molar-refractivity contribution is 6.31. The summed E-state index contributed by atoms with van der Waals surface area (Å²) in [6.45, 7) is 4.51. The van der Waals surface area contributed by atoms with E-state index in [0.717, 1.165) is 24.7 Å². The predicted octanol–water partition coefficient (Wildman–Crippen LogP) is 2.78. The lowest BCUT2D eigenvalue weighted by atomic mass is 10.1. The number of hydrogen-bond acceptors (Lipinski definition) is 4. The number of rotatable bonds is 6. The van der Waals surface area contributed by atoms with Crippen molar-refractivity contribution in [1.82, 2.24) is 20.4 Å². The summed E-state index contributed by atoms with van der Waals surface area (Å²) in [6, 6.07) is 11.0. The fraction of sp³-hybridized carbons (Fsp3) is 0.435. The Bertz CT molecular complexity index is 922. The Morgan fingerprint density at radius 2 is 1.90 bits per heavy atom. The van der Waals surface area contributed by atoms with Gasteiger partial charge in [-0.25, -0.2) is 8.78 Å². The smallest absolute Gasteiger partial charge is 0.240 e. The number of carbonyl (C=O) groups excluding carboxylic acids is 1. The minimum absolute atomic E-state index is 0.0174. The van der Waals surface area contributed by atoms with Gasteiger partial charge in [0.25, 0.3) is 0 Å². The van der Waals surface area contributed by atoms with Crippen molar-refractivity contribution in [2.45, 2.75) is 31.6 Å². The van der Waals surface area contributed by atoms with Crippen LogP contribution in [0.5, 0.6) is 0 Å². The van der Waals surface area contributed by atoms with Crippen molar-refractivity contribution >= 4 is 17.5 Å². The van der Waals surface area contributed by atoms with Gasteiger partial charge in [-0.1, -0.05) is 35.9 Å². The van der Waals surface area contributed by atoms with E-state index in [-0.39, 0.29) is 24.5 Å². The fourth-order valence-electron chi connectivity index (χ4n) is 4.34. The molecule has 2 fully saturated rings. The van der Waals surface area contributed by atoms with E-state index >= 15 is 0 Å². The third-order valence-electron chi connectivity index (χ3n) is 6.04. The summed E-state index contributed by atoms with van der Waals surface area (Å²) in [5.41, 5.74) is 1.39. The van der Waals surface area contributed by atoms with E-state index in [1.807, 2.05) is 29.2 Å². The van der Waals surface area contributed by atoms with E-state index in [0.29, 0.717) is 43.2 Å². The zero-order valence-corrected chi connectivity index (χ0v) is 18.0. The summed E-state index contributed by atoms with van der Waals surface area (Å²) in [5, 5.41) is 7.31. The van der Waals surface area contributed by atoms with E-state index in [1.165, 1.54) is 12.1 Å². The van der Waals surface area contributed by atoms with E-state index in [4.69, 9.17) is 11.6 Å². The van der Waals surface area contributed by atoms with Gasteiger partial charge in [0.05, 0.1) is 6.04 Å². The maximum absolute atomic E-state index is 14.0. The third kappa shape index (κ3) is 5.41. The summed E-state index contributed by atoms with van der Waals surface area (Å²) in [6.07, 6.45) is 0.635. The van der Waals surface area contributed by atoms with Gasteiger partial charge >= 0.3 is 0 Å². The minimum Gasteiger partial charge on any atom is -0.339 e. The molecule has 2 N–H and O–H groups in total. The molecule has 2 aliphatic heterocycles. The SMILES string of the molecule is O=C(C1CC(NCc2ccc(F)cc2F)CN1Cc1ccccc1Cl)N1CCNCC1. The summed E-state index contributed by atoms with van der Waals surface area (Å²) in [5.74, 6) is -1.02. The number of carbonyl (C=O) groups is 1. The summed E-state index contributed by atoms with van der Waals surface area (Å²) < 4.78 is 27.2. The molecule has 4 rings (SSSR count). The maximum Gasteiger partial charge on any atom is 0.240 e. The topological polar surface area (TPSA) is 47.6 Å². The van der Waals surface area contributed by atoms with E-state index in [1.54, 1.807) is 0 Å². The molecule has 166 valence electrons. The summed E-state index contributed by atoms with van der Waals surface area (Å²) in [7, 11) is 0. The lowest BCUT2D eigenvalue weighted by molar-refractivity contribution is -0.136. The van der Waals surface area contributed by atoms with Crippen LogP contribution in [0.15, 0.2) is 42.5 Å². The highest BCUT2D eigenvalue weighted by atomic mass is 35.5. The van der Waals surface area contributed by atoms with Gasteiger partial charge in [-0.15, -0.1) is 0 Å². The number of benzene rings is 2. The Balaban J connectivity index is 1.46. The second kappa shape index (κ2) is 10.0. The van der Waals surface area contributed by atoms with Gasteiger partial charge in [-0.2, -0.15) is 0 Å². The van der Waals surface area contributed by atoms with Gasteiger partial charge in [-0.3, -0.25) is 9.69 Å². The van der Waals surface area contributed by atoms with Gasteiger partial charge < -0.3 is 15.5 Å². The van der Waals surface area contributed by atoms with Gasteiger partial charge in [0.1, 0.15) is 11.6 Å². The third-order valence-corrected chi connectivity index (χ3v) is 6.41. The molecule has 2 unspecified atom stereocenters. The van der Waals surface area contributed by atoms with Crippen LogP contribution in [0, 0.1) is 11.6 Å². The first kappa shape index (κ1) is 22.1. The molecule has 2 atom stereocenters. The van der Waals surface area contributed by atoms with Crippen LogP contribution in [0.4, 0.5) is 8.78 Å². The molecule has 0 saturated carbocycles. The molecular weight excluding hydrogens is 422 g/mol. The Morgan fingerprint density at radius 3 is 2.65 bits per heavy atom. The molecule has 1 amide bonds. The van der Waals surface area contributed by atoms with Crippen LogP contribution in [-0.2, 0) is 17.9 Å². The second-order valence-electron chi connectivity index (χ2n) is 8.16. The average molecular weight is 449 g/mol. The molecule has 31 heavy (non-hydrogen) atoms. The molecule has 2 aromatic carbocycles. The van der Waals surface area contributed by atoms with Crippen molar-refractivity contribution in [1.29, 1.82) is 0 Å². The quantitative estimate of drug-likeness (QED) is 0.713. The van der Waals surface area contributed by atoms with Crippen molar-refractivity contribution < 1.29 is 13.6 Å². The van der Waals surface area contributed by atoms with Crippen molar-refractivity contribution in [3.63, 3.8) is 0 Å². The number of nitrogens with one attached hydrogen (secondary N) is 2. The Morgan fingerprint density at radius 1 is 1.13 bits per heavy atom. The molecule has 8 heteroatoms. The van der Waals surface area contributed by atoms with Crippen LogP contribution in [0.3, 0.4) is 0 Å². The number of halogens is 3. The molecule has 0 spiro atoms. The van der Waals surface area contributed by atoms with Crippen molar-refractivity contribution in [2.75, 3.05) is 32.7 Å². The van der Waals surface area contributed by atoms with Gasteiger partial charge in [0.15, 0.2) is 0 Å². The molecular formula is C23H27ClF2N4O. The van der Waals surface area contributed by atoms with Crippen LogP contribution in [0.1, 0.15) is 17.5 Å². The molecule has 2 heterocycles. The number of likely N-dealkylation sites (tertiary alicyclic amines) is 1. The number of nitrogens with zero attached hydrogens (tertiary/aromatic N) is 2.